The highest BCUT2D eigenvalue weighted by atomic mass is 16.6. The van der Waals surface area contributed by atoms with Crippen LogP contribution < -0.4 is 5.32 Å². The molecule has 2 aliphatic rings. The maximum Gasteiger partial charge on any atom is 0.410 e. The van der Waals surface area contributed by atoms with Gasteiger partial charge < -0.3 is 20.1 Å². The summed E-state index contributed by atoms with van der Waals surface area (Å²) >= 11 is 0. The van der Waals surface area contributed by atoms with Crippen molar-refractivity contribution in [1.29, 1.82) is 0 Å². The highest BCUT2D eigenvalue weighted by molar-refractivity contribution is 5.69. The zero-order chi connectivity index (χ0) is 16.5. The van der Waals surface area contributed by atoms with Gasteiger partial charge in [-0.3, -0.25) is 0 Å². The van der Waals surface area contributed by atoms with E-state index in [1.54, 1.807) is 0 Å². The summed E-state index contributed by atoms with van der Waals surface area (Å²) in [4.78, 5) is 14.4. The Morgan fingerprint density at radius 3 is 2.18 bits per heavy atom. The molecule has 0 spiro atoms. The van der Waals surface area contributed by atoms with Gasteiger partial charge in [-0.05, 0) is 59.8 Å². The van der Waals surface area contributed by atoms with E-state index in [0.29, 0.717) is 6.04 Å². The molecule has 2 fully saturated rings. The number of hydrogen-bond acceptors (Lipinski definition) is 4. The Hall–Kier alpha value is -0.810. The minimum atomic E-state index is -0.441. The van der Waals surface area contributed by atoms with Crippen LogP contribution >= 0.6 is 0 Å². The lowest BCUT2D eigenvalue weighted by molar-refractivity contribution is 0.00243. The first-order chi connectivity index (χ1) is 10.2. The molecule has 0 aliphatic carbocycles. The minimum Gasteiger partial charge on any atom is -0.444 e. The Morgan fingerprint density at radius 2 is 1.77 bits per heavy atom. The molecule has 4 atom stereocenters. The van der Waals surface area contributed by atoms with Crippen LogP contribution in [0.25, 0.3) is 0 Å². The molecule has 0 aromatic heterocycles. The summed E-state index contributed by atoms with van der Waals surface area (Å²) in [6, 6.07) is 0.907. The van der Waals surface area contributed by atoms with E-state index >= 15 is 0 Å². The molecule has 0 aromatic rings. The minimum absolute atomic E-state index is 0.144. The fraction of sp³-hybridized carbons (Fsp3) is 0.941. The van der Waals surface area contributed by atoms with E-state index in [0.717, 1.165) is 32.1 Å². The van der Waals surface area contributed by atoms with Crippen molar-refractivity contribution < 1.29 is 14.6 Å². The van der Waals surface area contributed by atoms with E-state index < -0.39 is 5.60 Å². The van der Waals surface area contributed by atoms with Crippen molar-refractivity contribution in [2.45, 2.75) is 96.0 Å². The zero-order valence-electron chi connectivity index (χ0n) is 14.7. The number of piperidine rings is 1. The summed E-state index contributed by atoms with van der Waals surface area (Å²) in [7, 11) is 0. The summed E-state index contributed by atoms with van der Waals surface area (Å²) < 4.78 is 5.56. The number of carbonyl (C=O) groups excluding carboxylic acids is 1. The molecule has 1 amide bonds. The number of ether oxygens (including phenoxy) is 1. The van der Waals surface area contributed by atoms with Crippen molar-refractivity contribution in [1.82, 2.24) is 10.2 Å². The predicted octanol–water partition coefficient (Wildman–Crippen LogP) is 2.67. The van der Waals surface area contributed by atoms with Gasteiger partial charge in [0.2, 0.25) is 0 Å². The largest absolute Gasteiger partial charge is 0.444 e. The molecule has 2 bridgehead atoms. The van der Waals surface area contributed by atoms with Crippen molar-refractivity contribution in [2.24, 2.45) is 0 Å². The zero-order valence-corrected chi connectivity index (χ0v) is 14.7. The van der Waals surface area contributed by atoms with Gasteiger partial charge in [-0.15, -0.1) is 0 Å². The van der Waals surface area contributed by atoms with Gasteiger partial charge in [-0.1, -0.05) is 6.92 Å². The topological polar surface area (TPSA) is 61.8 Å². The molecular weight excluding hydrogens is 280 g/mol. The molecule has 128 valence electrons. The van der Waals surface area contributed by atoms with Crippen molar-refractivity contribution in [2.75, 3.05) is 6.61 Å². The average Bonchev–Trinajstić information content (AvgIpc) is 2.69. The van der Waals surface area contributed by atoms with Crippen molar-refractivity contribution in [3.05, 3.63) is 0 Å². The van der Waals surface area contributed by atoms with Crippen molar-refractivity contribution in [3.8, 4) is 0 Å². The third-order valence-corrected chi connectivity index (χ3v) is 5.02. The molecular formula is C17H32N2O3. The highest BCUT2D eigenvalue weighted by Gasteiger charge is 2.45. The van der Waals surface area contributed by atoms with E-state index in [1.165, 1.54) is 0 Å². The van der Waals surface area contributed by atoms with Crippen LogP contribution in [0.15, 0.2) is 0 Å². The van der Waals surface area contributed by atoms with Crippen LogP contribution in [0.4, 0.5) is 4.79 Å². The Labute approximate surface area is 134 Å². The van der Waals surface area contributed by atoms with Crippen LogP contribution in [0.5, 0.6) is 0 Å². The quantitative estimate of drug-likeness (QED) is 0.838. The number of rotatable bonds is 4. The molecule has 22 heavy (non-hydrogen) atoms. The lowest BCUT2D eigenvalue weighted by Gasteiger charge is -2.42. The molecule has 2 aliphatic heterocycles. The number of carbonyl (C=O) groups is 1. The summed E-state index contributed by atoms with van der Waals surface area (Å²) in [6.45, 7) is 10.0. The van der Waals surface area contributed by atoms with Gasteiger partial charge in [-0.2, -0.15) is 0 Å². The van der Waals surface area contributed by atoms with E-state index in [2.05, 4.69) is 19.2 Å². The molecule has 5 nitrogen and oxygen atoms in total. The number of fused-ring (bicyclic) bond motifs is 2. The summed E-state index contributed by atoms with van der Waals surface area (Å²) in [6.07, 6.45) is 4.74. The maximum atomic E-state index is 12.4. The van der Waals surface area contributed by atoms with Crippen LogP contribution in [0.1, 0.15) is 66.7 Å². The molecule has 2 N–H and O–H groups in total. The third kappa shape index (κ3) is 3.93. The first kappa shape index (κ1) is 17.5. The van der Waals surface area contributed by atoms with Gasteiger partial charge in [-0.25, -0.2) is 4.79 Å². The molecule has 2 rings (SSSR count). The molecule has 1 unspecified atom stereocenters. The van der Waals surface area contributed by atoms with Gasteiger partial charge in [0.05, 0.1) is 6.61 Å². The second-order valence-corrected chi connectivity index (χ2v) is 8.16. The fourth-order valence-electron chi connectivity index (χ4n) is 3.66. The average molecular weight is 312 g/mol. The van der Waals surface area contributed by atoms with Crippen LogP contribution in [-0.2, 0) is 4.74 Å². The number of hydrogen-bond donors (Lipinski definition) is 2. The SMILES string of the molecule is CC[C@](C)(CO)NC1C[C@H]2CC[C@@H](C1)N2C(=O)OC(C)(C)C. The Morgan fingerprint density at radius 1 is 1.23 bits per heavy atom. The standard InChI is InChI=1S/C17H32N2O3/c1-6-17(5,11-20)18-12-9-13-7-8-14(10-12)19(13)15(21)22-16(2,3)4/h12-14,18,20H,6-11H2,1-5H3/t12?,13-,14+,17-/m1/s1. The van der Waals surface area contributed by atoms with E-state index in [-0.39, 0.29) is 30.3 Å². The van der Waals surface area contributed by atoms with Crippen LogP contribution in [0.3, 0.4) is 0 Å². The van der Waals surface area contributed by atoms with E-state index in [1.807, 2.05) is 25.7 Å². The smallest absolute Gasteiger partial charge is 0.410 e. The lowest BCUT2D eigenvalue weighted by Crippen LogP contribution is -2.57. The van der Waals surface area contributed by atoms with Gasteiger partial charge in [0.1, 0.15) is 5.60 Å². The van der Waals surface area contributed by atoms with Crippen LogP contribution in [0, 0.1) is 0 Å². The second kappa shape index (κ2) is 6.36. The van der Waals surface area contributed by atoms with Gasteiger partial charge in [0, 0.05) is 23.7 Å². The number of aliphatic hydroxyl groups is 1. The normalized spacial score (nSPS) is 31.0. The monoisotopic (exact) mass is 312 g/mol. The highest BCUT2D eigenvalue weighted by Crippen LogP contribution is 2.37. The van der Waals surface area contributed by atoms with Crippen molar-refractivity contribution >= 4 is 6.09 Å². The Bertz CT molecular complexity index is 387. The first-order valence-electron chi connectivity index (χ1n) is 8.57. The summed E-state index contributed by atoms with van der Waals surface area (Å²) in [5.41, 5.74) is -0.665. The van der Waals surface area contributed by atoms with Crippen LogP contribution in [0.2, 0.25) is 0 Å². The number of nitrogens with one attached hydrogen (secondary N) is 1. The second-order valence-electron chi connectivity index (χ2n) is 8.16. The number of amides is 1. The Kier molecular flexibility index (Phi) is 5.07. The number of nitrogens with zero attached hydrogens (tertiary/aromatic N) is 1. The summed E-state index contributed by atoms with van der Waals surface area (Å²) in [5, 5.41) is 13.2. The number of aliphatic hydroxyl groups excluding tert-OH is 1. The Balaban J connectivity index is 1.98. The third-order valence-electron chi connectivity index (χ3n) is 5.02. The molecule has 2 heterocycles. The van der Waals surface area contributed by atoms with Crippen molar-refractivity contribution in [3.63, 3.8) is 0 Å². The molecule has 2 saturated heterocycles. The molecule has 5 heteroatoms. The predicted molar refractivity (Wildman–Crippen MR) is 86.8 cm³/mol. The van der Waals surface area contributed by atoms with E-state index in [4.69, 9.17) is 4.74 Å². The molecule has 0 radical (unpaired) electrons. The fourth-order valence-corrected chi connectivity index (χ4v) is 3.66. The lowest BCUT2D eigenvalue weighted by atomic mass is 9.92. The van der Waals surface area contributed by atoms with Crippen LogP contribution in [-0.4, -0.2) is 52.0 Å². The van der Waals surface area contributed by atoms with Gasteiger partial charge >= 0.3 is 6.09 Å². The van der Waals surface area contributed by atoms with Gasteiger partial charge in [0.15, 0.2) is 0 Å². The molecule has 0 saturated carbocycles. The maximum absolute atomic E-state index is 12.4. The summed E-state index contributed by atoms with van der Waals surface area (Å²) in [5.74, 6) is 0. The van der Waals surface area contributed by atoms with Gasteiger partial charge in [0.25, 0.3) is 0 Å². The first-order valence-corrected chi connectivity index (χ1v) is 8.57. The van der Waals surface area contributed by atoms with E-state index in [9.17, 15) is 9.90 Å². The molecule has 0 aromatic carbocycles.